The van der Waals surface area contributed by atoms with Crippen LogP contribution >= 0.6 is 11.3 Å². The first-order chi connectivity index (χ1) is 17.7. The first-order valence-electron chi connectivity index (χ1n) is 12.3. The van der Waals surface area contributed by atoms with Crippen LogP contribution in [0.5, 0.6) is 0 Å². The Morgan fingerprint density at radius 1 is 1.03 bits per heavy atom. The van der Waals surface area contributed by atoms with Gasteiger partial charge >= 0.3 is 0 Å². The van der Waals surface area contributed by atoms with Gasteiger partial charge in [-0.05, 0) is 48.1 Å². The number of carbonyl (C=O) groups is 2. The number of aromatic nitrogens is 3. The molecule has 0 aliphatic carbocycles. The predicted octanol–water partition coefficient (Wildman–Crippen LogP) is 4.85. The number of para-hydroxylation sites is 3. The monoisotopic (exact) mass is 497 g/mol. The van der Waals surface area contributed by atoms with Crippen LogP contribution in [0.4, 0.5) is 0 Å². The highest BCUT2D eigenvalue weighted by atomic mass is 32.1. The van der Waals surface area contributed by atoms with E-state index in [1.54, 1.807) is 6.07 Å². The SMILES string of the molecule is O=C(NC(Cc1c[nH]c2ccccc12)C(=O)N1CCC(c2nc3ccccc3[nH]2)CC1)c1cccs1. The molecule has 0 spiro atoms. The fraction of sp³-hybridized carbons (Fsp3) is 0.250. The molecular weight excluding hydrogens is 470 g/mol. The molecule has 8 heteroatoms. The van der Waals surface area contributed by atoms with Crippen molar-refractivity contribution in [2.45, 2.75) is 31.2 Å². The maximum atomic E-state index is 13.7. The van der Waals surface area contributed by atoms with E-state index in [2.05, 4.69) is 15.3 Å². The zero-order valence-corrected chi connectivity index (χ0v) is 20.6. The number of H-pyrrole nitrogens is 2. The Balaban J connectivity index is 1.19. The smallest absolute Gasteiger partial charge is 0.262 e. The van der Waals surface area contributed by atoms with Crippen LogP contribution < -0.4 is 5.32 Å². The van der Waals surface area contributed by atoms with Crippen molar-refractivity contribution in [2.75, 3.05) is 13.1 Å². The van der Waals surface area contributed by atoms with Gasteiger partial charge in [0, 0.05) is 42.5 Å². The number of nitrogens with one attached hydrogen (secondary N) is 3. The van der Waals surface area contributed by atoms with Crippen LogP contribution in [-0.2, 0) is 11.2 Å². The average Bonchev–Trinajstić information content (AvgIpc) is 3.68. The molecule has 1 fully saturated rings. The summed E-state index contributed by atoms with van der Waals surface area (Å²) in [5, 5.41) is 5.97. The maximum Gasteiger partial charge on any atom is 0.262 e. The molecule has 5 aromatic rings. The third-order valence-corrected chi connectivity index (χ3v) is 7.92. The molecule has 3 N–H and O–H groups in total. The molecule has 1 aliphatic heterocycles. The van der Waals surface area contributed by atoms with Crippen LogP contribution in [0.2, 0.25) is 0 Å². The molecule has 0 radical (unpaired) electrons. The number of carbonyl (C=O) groups excluding carboxylic acids is 2. The van der Waals surface area contributed by atoms with E-state index >= 15 is 0 Å². The van der Waals surface area contributed by atoms with Gasteiger partial charge in [0.05, 0.1) is 15.9 Å². The van der Waals surface area contributed by atoms with Crippen molar-refractivity contribution >= 4 is 45.1 Å². The molecule has 4 heterocycles. The molecule has 1 unspecified atom stereocenters. The van der Waals surface area contributed by atoms with Gasteiger partial charge in [-0.1, -0.05) is 36.4 Å². The van der Waals surface area contributed by atoms with Gasteiger partial charge in [0.25, 0.3) is 5.91 Å². The summed E-state index contributed by atoms with van der Waals surface area (Å²) in [6.45, 7) is 1.28. The van der Waals surface area contributed by atoms with Crippen LogP contribution in [0.25, 0.3) is 21.9 Å². The summed E-state index contributed by atoms with van der Waals surface area (Å²) in [6.07, 6.45) is 4.05. The number of fused-ring (bicyclic) bond motifs is 2. The highest BCUT2D eigenvalue weighted by Gasteiger charge is 2.31. The molecule has 1 aliphatic rings. The lowest BCUT2D eigenvalue weighted by Gasteiger charge is -2.33. The van der Waals surface area contributed by atoms with E-state index in [9.17, 15) is 9.59 Å². The Morgan fingerprint density at radius 2 is 1.81 bits per heavy atom. The van der Waals surface area contributed by atoms with Crippen LogP contribution in [0.3, 0.4) is 0 Å². The lowest BCUT2D eigenvalue weighted by molar-refractivity contribution is -0.134. The lowest BCUT2D eigenvalue weighted by Crippen LogP contribution is -2.51. The number of benzene rings is 2. The Bertz CT molecular complexity index is 1480. The number of hydrogen-bond donors (Lipinski definition) is 3. The number of hydrogen-bond acceptors (Lipinski definition) is 4. The van der Waals surface area contributed by atoms with E-state index in [0.717, 1.165) is 46.2 Å². The summed E-state index contributed by atoms with van der Waals surface area (Å²) < 4.78 is 0. The minimum absolute atomic E-state index is 0.0340. The second-order valence-corrected chi connectivity index (χ2v) is 10.3. The van der Waals surface area contributed by atoms with Crippen LogP contribution in [0.1, 0.15) is 39.8 Å². The first kappa shape index (κ1) is 22.5. The van der Waals surface area contributed by atoms with E-state index in [4.69, 9.17) is 4.98 Å². The molecule has 6 rings (SSSR count). The van der Waals surface area contributed by atoms with Gasteiger partial charge in [-0.2, -0.15) is 0 Å². The number of likely N-dealkylation sites (tertiary alicyclic amines) is 1. The van der Waals surface area contributed by atoms with Crippen molar-refractivity contribution in [3.8, 4) is 0 Å². The Hall–Kier alpha value is -3.91. The number of rotatable bonds is 6. The van der Waals surface area contributed by atoms with Crippen LogP contribution in [-0.4, -0.2) is 50.8 Å². The highest BCUT2D eigenvalue weighted by molar-refractivity contribution is 7.12. The van der Waals surface area contributed by atoms with Crippen molar-refractivity contribution in [3.63, 3.8) is 0 Å². The van der Waals surface area contributed by atoms with Gasteiger partial charge in [-0.15, -0.1) is 11.3 Å². The zero-order chi connectivity index (χ0) is 24.5. The quantitative estimate of drug-likeness (QED) is 0.313. The molecule has 2 amide bonds. The van der Waals surface area contributed by atoms with Gasteiger partial charge in [0.2, 0.25) is 5.91 Å². The molecule has 1 atom stereocenters. The second kappa shape index (κ2) is 9.62. The summed E-state index contributed by atoms with van der Waals surface area (Å²) >= 11 is 1.38. The first-order valence-corrected chi connectivity index (χ1v) is 13.2. The largest absolute Gasteiger partial charge is 0.361 e. The summed E-state index contributed by atoms with van der Waals surface area (Å²) in [5.41, 5.74) is 4.06. The molecular formula is C28H27N5O2S. The fourth-order valence-electron chi connectivity index (χ4n) is 5.12. The van der Waals surface area contributed by atoms with Crippen molar-refractivity contribution in [1.82, 2.24) is 25.2 Å². The number of piperidine rings is 1. The number of imidazole rings is 1. The third kappa shape index (κ3) is 4.40. The van der Waals surface area contributed by atoms with Gasteiger partial charge in [-0.3, -0.25) is 9.59 Å². The van der Waals surface area contributed by atoms with E-state index in [1.165, 1.54) is 11.3 Å². The van der Waals surface area contributed by atoms with Crippen molar-refractivity contribution < 1.29 is 9.59 Å². The average molecular weight is 498 g/mol. The summed E-state index contributed by atoms with van der Waals surface area (Å²) in [4.78, 5) is 40.7. The minimum atomic E-state index is -0.637. The molecule has 36 heavy (non-hydrogen) atoms. The molecule has 0 saturated carbocycles. The molecule has 0 bridgehead atoms. The Kier molecular flexibility index (Phi) is 6.03. The van der Waals surface area contributed by atoms with Crippen molar-refractivity contribution in [3.05, 3.63) is 88.5 Å². The van der Waals surface area contributed by atoms with E-state index in [0.29, 0.717) is 24.4 Å². The summed E-state index contributed by atoms with van der Waals surface area (Å²) in [6, 6.07) is 19.1. The summed E-state index contributed by atoms with van der Waals surface area (Å²) in [7, 11) is 0. The van der Waals surface area contributed by atoms with Crippen molar-refractivity contribution in [2.24, 2.45) is 0 Å². The molecule has 3 aromatic heterocycles. The maximum absolute atomic E-state index is 13.7. The Labute approximate surface area is 212 Å². The number of aromatic amines is 2. The zero-order valence-electron chi connectivity index (χ0n) is 19.7. The normalized spacial score (nSPS) is 15.4. The fourth-order valence-corrected chi connectivity index (χ4v) is 5.74. The lowest BCUT2D eigenvalue weighted by atomic mass is 9.95. The molecule has 7 nitrogen and oxygen atoms in total. The van der Waals surface area contributed by atoms with Gasteiger partial charge < -0.3 is 20.2 Å². The van der Waals surface area contributed by atoms with E-state index in [1.807, 2.05) is 71.1 Å². The minimum Gasteiger partial charge on any atom is -0.361 e. The standard InChI is InChI=1S/C28H27N5O2S/c34-27(25-10-5-15-36-25)32-24(16-19-17-29-21-7-2-1-6-20(19)21)28(35)33-13-11-18(12-14-33)26-30-22-8-3-4-9-23(22)31-26/h1-10,15,17-18,24,29H,11-14,16H2,(H,30,31)(H,32,34). The molecule has 2 aromatic carbocycles. The van der Waals surface area contributed by atoms with E-state index in [-0.39, 0.29) is 17.7 Å². The highest BCUT2D eigenvalue weighted by Crippen LogP contribution is 2.28. The van der Waals surface area contributed by atoms with Crippen molar-refractivity contribution in [1.29, 1.82) is 0 Å². The van der Waals surface area contributed by atoms with Gasteiger partial charge in [0.15, 0.2) is 0 Å². The predicted molar refractivity (Wildman–Crippen MR) is 142 cm³/mol. The molecule has 182 valence electrons. The number of amides is 2. The van der Waals surface area contributed by atoms with Gasteiger partial charge in [-0.25, -0.2) is 4.98 Å². The Morgan fingerprint density at radius 3 is 2.58 bits per heavy atom. The van der Waals surface area contributed by atoms with Gasteiger partial charge in [0.1, 0.15) is 11.9 Å². The molecule has 1 saturated heterocycles. The number of nitrogens with zero attached hydrogens (tertiary/aromatic N) is 2. The van der Waals surface area contributed by atoms with E-state index < -0.39 is 6.04 Å². The van der Waals surface area contributed by atoms with Crippen LogP contribution in [0, 0.1) is 0 Å². The third-order valence-electron chi connectivity index (χ3n) is 7.05. The van der Waals surface area contributed by atoms with Crippen LogP contribution in [0.15, 0.2) is 72.2 Å². The number of thiophene rings is 1. The topological polar surface area (TPSA) is 93.9 Å². The summed E-state index contributed by atoms with van der Waals surface area (Å²) in [5.74, 6) is 1.03. The second-order valence-electron chi connectivity index (χ2n) is 9.31.